The molecule has 0 aromatic rings. The van der Waals surface area contributed by atoms with Gasteiger partial charge in [0.05, 0.1) is 0 Å². The first-order valence-electron chi connectivity index (χ1n) is 5.05. The summed E-state index contributed by atoms with van der Waals surface area (Å²) < 4.78 is 7.24. The first-order chi connectivity index (χ1) is 5.75. The van der Waals surface area contributed by atoms with Gasteiger partial charge in [-0.15, -0.1) is 0 Å². The zero-order valence-electron chi connectivity index (χ0n) is 8.16. The van der Waals surface area contributed by atoms with Crippen LogP contribution in [0.4, 0.5) is 0 Å². The topological polar surface area (TPSA) is 0 Å². The lowest BCUT2D eigenvalue weighted by Crippen LogP contribution is -2.12. The van der Waals surface area contributed by atoms with E-state index < -0.39 is 0 Å². The van der Waals surface area contributed by atoms with Gasteiger partial charge in [-0.25, -0.2) is 0 Å². The quantitative estimate of drug-likeness (QED) is 0.545. The van der Waals surface area contributed by atoms with Crippen LogP contribution >= 0.6 is 11.8 Å². The molecule has 1 fully saturated rings. The van der Waals surface area contributed by atoms with E-state index in [0.717, 1.165) is 28.9 Å². The molecule has 0 heterocycles. The van der Waals surface area contributed by atoms with Crippen LogP contribution in [0.2, 0.25) is 0 Å². The van der Waals surface area contributed by atoms with Crippen molar-refractivity contribution in [1.29, 1.82) is 0 Å². The van der Waals surface area contributed by atoms with E-state index in [1.54, 1.807) is 0 Å². The normalized spacial score (nSPS) is 55.1. The third-order valence-corrected chi connectivity index (χ3v) is 4.56. The Balaban J connectivity index is 2.13. The first-order valence-corrected chi connectivity index (χ1v) is 5.39. The van der Waals surface area contributed by atoms with Crippen molar-refractivity contribution in [2.75, 3.05) is 6.23 Å². The standard InChI is InChI=1S/C10H16S/c1-6-7(2)9-5-4-8(6)10(9)11-3/h4-10H,1-3H3/t6-,7-,8?,9?,10?/m0/s1/i3T. The molecule has 2 unspecified atom stereocenters. The Morgan fingerprint density at radius 3 is 2.18 bits per heavy atom. The van der Waals surface area contributed by atoms with Gasteiger partial charge in [-0.2, -0.15) is 11.8 Å². The lowest BCUT2D eigenvalue weighted by Gasteiger charge is -2.19. The van der Waals surface area contributed by atoms with Gasteiger partial charge >= 0.3 is 0 Å². The van der Waals surface area contributed by atoms with Crippen LogP contribution in [0.3, 0.4) is 0 Å². The molecule has 0 nitrogen and oxygen atoms in total. The van der Waals surface area contributed by atoms with Crippen molar-refractivity contribution in [1.82, 2.24) is 0 Å². The fourth-order valence-electron chi connectivity index (χ4n) is 2.60. The van der Waals surface area contributed by atoms with E-state index in [4.69, 9.17) is 1.37 Å². The van der Waals surface area contributed by atoms with Crippen LogP contribution in [0.5, 0.6) is 0 Å². The third-order valence-electron chi connectivity index (χ3n) is 3.55. The zero-order chi connectivity index (χ0) is 8.72. The van der Waals surface area contributed by atoms with Crippen LogP contribution in [0.25, 0.3) is 0 Å². The summed E-state index contributed by atoms with van der Waals surface area (Å²) in [7, 11) is 0. The molecule has 0 amide bonds. The van der Waals surface area contributed by atoms with E-state index in [1.807, 2.05) is 11.8 Å². The maximum Gasteiger partial charge on any atom is 0.0344 e. The Morgan fingerprint density at radius 1 is 1.18 bits per heavy atom. The molecule has 0 aromatic carbocycles. The summed E-state index contributed by atoms with van der Waals surface area (Å²) in [4.78, 5) is 0. The average Bonchev–Trinajstić information content (AvgIpc) is 2.53. The second-order valence-corrected chi connectivity index (χ2v) is 4.77. The fraction of sp³-hybridized carbons (Fsp3) is 0.800. The van der Waals surface area contributed by atoms with Crippen molar-refractivity contribution in [2.45, 2.75) is 19.1 Å². The van der Waals surface area contributed by atoms with E-state index in [-0.39, 0.29) is 0 Å². The third kappa shape index (κ3) is 0.900. The van der Waals surface area contributed by atoms with Gasteiger partial charge in [-0.1, -0.05) is 26.0 Å². The smallest absolute Gasteiger partial charge is 0.0344 e. The molecule has 1 saturated carbocycles. The van der Waals surface area contributed by atoms with E-state index in [9.17, 15) is 0 Å². The van der Waals surface area contributed by atoms with E-state index in [0.29, 0.717) is 6.23 Å². The summed E-state index contributed by atoms with van der Waals surface area (Å²) in [5.74, 6) is 3.20. The van der Waals surface area contributed by atoms with Crippen molar-refractivity contribution in [3.05, 3.63) is 12.2 Å². The van der Waals surface area contributed by atoms with Crippen molar-refractivity contribution in [2.24, 2.45) is 23.7 Å². The highest BCUT2D eigenvalue weighted by atomic mass is 32.2. The highest BCUT2D eigenvalue weighted by molar-refractivity contribution is 7.99. The van der Waals surface area contributed by atoms with E-state index in [2.05, 4.69) is 26.0 Å². The molecule has 0 spiro atoms. The summed E-state index contributed by atoms with van der Waals surface area (Å²) in [6.45, 7) is 4.71. The van der Waals surface area contributed by atoms with Crippen LogP contribution in [0.15, 0.2) is 12.2 Å². The predicted molar refractivity (Wildman–Crippen MR) is 51.8 cm³/mol. The van der Waals surface area contributed by atoms with Gasteiger partial charge in [-0.05, 0) is 29.9 Å². The second-order valence-electron chi connectivity index (χ2n) is 3.89. The number of thioether (sulfide) groups is 1. The largest absolute Gasteiger partial charge is 0.161 e. The van der Waals surface area contributed by atoms with Crippen LogP contribution < -0.4 is 0 Å². The van der Waals surface area contributed by atoms with Crippen molar-refractivity contribution >= 4 is 11.8 Å². The minimum Gasteiger partial charge on any atom is -0.161 e. The van der Waals surface area contributed by atoms with Crippen LogP contribution in [0.1, 0.15) is 15.2 Å². The minimum atomic E-state index is 0.527. The monoisotopic (exact) mass is 170 g/mol. The second kappa shape index (κ2) is 2.55. The Bertz CT molecular complexity index is 184. The summed E-state index contributed by atoms with van der Waals surface area (Å²) in [6, 6.07) is 0. The molecular formula is C10H16S. The van der Waals surface area contributed by atoms with Gasteiger partial charge in [0.25, 0.3) is 0 Å². The predicted octanol–water partition coefficient (Wildman–Crippen LogP) is 2.81. The lowest BCUT2D eigenvalue weighted by molar-refractivity contribution is 0.364. The molecule has 2 aliphatic carbocycles. The van der Waals surface area contributed by atoms with Gasteiger partial charge < -0.3 is 0 Å². The zero-order valence-corrected chi connectivity index (χ0v) is 7.97. The fourth-order valence-corrected chi connectivity index (χ4v) is 3.73. The Hall–Kier alpha value is 0.0900. The molecule has 62 valence electrons. The highest BCUT2D eigenvalue weighted by Crippen LogP contribution is 2.51. The molecule has 0 saturated heterocycles. The van der Waals surface area contributed by atoms with Gasteiger partial charge in [-0.3, -0.25) is 0 Å². The minimum absolute atomic E-state index is 0.527. The summed E-state index contributed by atoms with van der Waals surface area (Å²) in [5.41, 5.74) is 0. The Labute approximate surface area is 74.9 Å². The number of rotatable bonds is 1. The molecule has 2 aliphatic rings. The molecule has 0 radical (unpaired) electrons. The van der Waals surface area contributed by atoms with Crippen LogP contribution in [-0.4, -0.2) is 11.5 Å². The van der Waals surface area contributed by atoms with Crippen molar-refractivity contribution in [3.63, 3.8) is 0 Å². The molecule has 2 rings (SSSR count). The first kappa shape index (κ1) is 6.59. The van der Waals surface area contributed by atoms with Crippen molar-refractivity contribution < 1.29 is 1.37 Å². The molecule has 1 heteroatoms. The summed E-state index contributed by atoms with van der Waals surface area (Å²) in [6.07, 6.45) is 5.28. The number of fused-ring (bicyclic) bond motifs is 2. The molecular weight excluding hydrogens is 152 g/mol. The van der Waals surface area contributed by atoms with E-state index >= 15 is 0 Å². The average molecular weight is 170 g/mol. The van der Waals surface area contributed by atoms with Crippen LogP contribution in [-0.2, 0) is 0 Å². The summed E-state index contributed by atoms with van der Waals surface area (Å²) in [5, 5.41) is 0.729. The highest BCUT2D eigenvalue weighted by Gasteiger charge is 2.46. The summed E-state index contributed by atoms with van der Waals surface area (Å²) >= 11 is 1.83. The van der Waals surface area contributed by atoms with Gasteiger partial charge in [0.1, 0.15) is 0 Å². The molecule has 0 aliphatic heterocycles. The Morgan fingerprint density at radius 2 is 1.73 bits per heavy atom. The van der Waals surface area contributed by atoms with Gasteiger partial charge in [0.2, 0.25) is 0 Å². The number of hydrogen-bond donors (Lipinski definition) is 0. The number of hydrogen-bond acceptors (Lipinski definition) is 1. The van der Waals surface area contributed by atoms with Gasteiger partial charge in [0, 0.05) is 6.62 Å². The molecule has 2 bridgehead atoms. The Kier molecular flexibility index (Phi) is 1.53. The lowest BCUT2D eigenvalue weighted by atomic mass is 9.86. The molecule has 4 atom stereocenters. The van der Waals surface area contributed by atoms with Gasteiger partial charge in [0.15, 0.2) is 0 Å². The van der Waals surface area contributed by atoms with Crippen molar-refractivity contribution in [3.8, 4) is 0 Å². The maximum absolute atomic E-state index is 7.24. The number of allylic oxidation sites excluding steroid dienone is 2. The van der Waals surface area contributed by atoms with E-state index in [1.165, 1.54) is 0 Å². The maximum atomic E-state index is 7.24. The molecule has 0 aromatic heterocycles. The van der Waals surface area contributed by atoms with Crippen LogP contribution in [0, 0.1) is 23.7 Å². The molecule has 11 heavy (non-hydrogen) atoms. The SMILES string of the molecule is [3H]CSC1C2C=CC1[C@@H](C)[C@@H]2C. The molecule has 0 N–H and O–H groups in total.